The molecule has 0 unspecified atom stereocenters. The van der Waals surface area contributed by atoms with E-state index < -0.39 is 24.2 Å². The zero-order valence-electron chi connectivity index (χ0n) is 15.5. The highest BCUT2D eigenvalue weighted by Crippen LogP contribution is 2.32. The molecule has 1 N–H and O–H groups in total. The fourth-order valence-corrected chi connectivity index (χ4v) is 2.81. The quantitative estimate of drug-likeness (QED) is 0.441. The van der Waals surface area contributed by atoms with Crippen LogP contribution in [0.4, 0.5) is 17.6 Å². The van der Waals surface area contributed by atoms with Gasteiger partial charge in [0.05, 0.1) is 0 Å². The van der Waals surface area contributed by atoms with E-state index in [9.17, 15) is 22.4 Å². The van der Waals surface area contributed by atoms with E-state index in [0.29, 0.717) is 17.7 Å². The molecule has 0 radical (unpaired) electrons. The van der Waals surface area contributed by atoms with E-state index in [0.717, 1.165) is 12.1 Å². The van der Waals surface area contributed by atoms with Crippen LogP contribution in [0.5, 0.6) is 5.75 Å². The molecule has 0 atom stereocenters. The number of benzene rings is 2. The molecule has 0 bridgehead atoms. The van der Waals surface area contributed by atoms with Gasteiger partial charge in [-0.05, 0) is 36.8 Å². The summed E-state index contributed by atoms with van der Waals surface area (Å²) in [5, 5.41) is 4.27. The van der Waals surface area contributed by atoms with Crippen LogP contribution in [0.2, 0.25) is 5.02 Å². The Kier molecular flexibility index (Phi) is 6.25. The summed E-state index contributed by atoms with van der Waals surface area (Å²) in [5.74, 6) is -0.831. The summed E-state index contributed by atoms with van der Waals surface area (Å²) in [6.45, 7) is 2.55. The molecule has 1 aromatic heterocycles. The van der Waals surface area contributed by atoms with Crippen molar-refractivity contribution in [1.29, 1.82) is 0 Å². The van der Waals surface area contributed by atoms with E-state index in [1.165, 1.54) is 35.3 Å². The number of hydrogen-bond donors (Lipinski definition) is 1. The summed E-state index contributed by atoms with van der Waals surface area (Å²) < 4.78 is 57.5. The van der Waals surface area contributed by atoms with E-state index in [1.54, 1.807) is 17.1 Å². The van der Waals surface area contributed by atoms with E-state index in [4.69, 9.17) is 11.6 Å². The topological polar surface area (TPSA) is 60.0 Å². The summed E-state index contributed by atoms with van der Waals surface area (Å²) >= 11 is 6.27. The van der Waals surface area contributed by atoms with Gasteiger partial charge in [-0.3, -0.25) is 4.79 Å². The van der Waals surface area contributed by atoms with Crippen LogP contribution in [-0.4, -0.2) is 28.2 Å². The molecule has 1 heterocycles. The Morgan fingerprint density at radius 2 is 1.97 bits per heavy atom. The van der Waals surface area contributed by atoms with E-state index in [-0.39, 0.29) is 10.6 Å². The van der Waals surface area contributed by atoms with Crippen molar-refractivity contribution in [2.45, 2.75) is 26.0 Å². The lowest BCUT2D eigenvalue weighted by Crippen LogP contribution is -2.46. The minimum absolute atomic E-state index is 0.239. The van der Waals surface area contributed by atoms with Crippen LogP contribution >= 0.6 is 11.6 Å². The molecule has 3 rings (SSSR count). The van der Waals surface area contributed by atoms with E-state index in [2.05, 4.69) is 15.3 Å². The number of alkyl halides is 4. The molecule has 30 heavy (non-hydrogen) atoms. The summed E-state index contributed by atoms with van der Waals surface area (Å²) in [6.07, 6.45) is -5.48. The van der Waals surface area contributed by atoms with E-state index >= 15 is 0 Å². The van der Waals surface area contributed by atoms with Gasteiger partial charge < -0.3 is 4.74 Å². The molecule has 0 aliphatic rings. The number of halogens is 5. The normalized spacial score (nSPS) is 11.6. The van der Waals surface area contributed by atoms with Crippen LogP contribution in [0.25, 0.3) is 11.1 Å². The smallest absolute Gasteiger partial charge is 0.428 e. The SMILES string of the molecule is CCn1c[n+](NC(=O)c2ccc(-c3ccc(OC(F)(F)C(F)F)cc3)c(Cl)c2)cn1. The molecule has 11 heteroatoms. The standard InChI is InChI=1S/C19H15ClF4N4O2/c1-2-27-11-28(10-25-27)26-17(29)13-5-8-15(16(20)9-13)12-3-6-14(7-4-12)30-19(23,24)18(21)22/h3-11,18H,2H2,1H3/p+1. The van der Waals surface area contributed by atoms with Gasteiger partial charge in [-0.15, -0.1) is 9.36 Å². The third kappa shape index (κ3) is 4.88. The fraction of sp³-hybridized carbons (Fsp3) is 0.211. The Morgan fingerprint density at radius 3 is 2.53 bits per heavy atom. The van der Waals surface area contributed by atoms with Crippen LogP contribution < -0.4 is 14.8 Å². The van der Waals surface area contributed by atoms with Gasteiger partial charge in [0.15, 0.2) is 0 Å². The lowest BCUT2D eigenvalue weighted by molar-refractivity contribution is -0.642. The molecular formula is C19H16ClF4N4O2+. The zero-order chi connectivity index (χ0) is 21.9. The summed E-state index contributed by atoms with van der Waals surface area (Å²) in [7, 11) is 0. The molecule has 0 saturated carbocycles. The van der Waals surface area contributed by atoms with Crippen LogP contribution in [-0.2, 0) is 6.54 Å². The highest BCUT2D eigenvalue weighted by molar-refractivity contribution is 6.33. The van der Waals surface area contributed by atoms with Gasteiger partial charge in [0.25, 0.3) is 12.2 Å². The third-order valence-corrected chi connectivity index (χ3v) is 4.35. The second kappa shape index (κ2) is 8.70. The van der Waals surface area contributed by atoms with Gasteiger partial charge in [0.1, 0.15) is 12.3 Å². The number of rotatable bonds is 7. The number of carbonyl (C=O) groups excluding carboxylic acids is 1. The van der Waals surface area contributed by atoms with Crippen molar-refractivity contribution in [3.05, 3.63) is 65.7 Å². The van der Waals surface area contributed by atoms with Gasteiger partial charge in [-0.2, -0.15) is 17.6 Å². The van der Waals surface area contributed by atoms with Crippen LogP contribution in [0.1, 0.15) is 17.3 Å². The predicted molar refractivity (Wildman–Crippen MR) is 100 cm³/mol. The number of carbonyl (C=O) groups is 1. The molecule has 2 aromatic carbocycles. The molecule has 158 valence electrons. The maximum absolute atomic E-state index is 13.0. The second-order valence-electron chi connectivity index (χ2n) is 6.13. The van der Waals surface area contributed by atoms with Crippen molar-refractivity contribution in [3.63, 3.8) is 0 Å². The van der Waals surface area contributed by atoms with Gasteiger partial charge in [-0.25, -0.2) is 5.43 Å². The number of ether oxygens (including phenoxy) is 1. The first kappa shape index (κ1) is 21.6. The van der Waals surface area contributed by atoms with Gasteiger partial charge in [0, 0.05) is 21.2 Å². The average molecular weight is 444 g/mol. The number of aryl methyl sites for hydroxylation is 1. The van der Waals surface area contributed by atoms with Crippen molar-refractivity contribution >= 4 is 17.5 Å². The van der Waals surface area contributed by atoms with Crippen molar-refractivity contribution in [2.75, 3.05) is 5.43 Å². The summed E-state index contributed by atoms with van der Waals surface area (Å²) in [4.78, 5) is 12.4. The van der Waals surface area contributed by atoms with Gasteiger partial charge in [-0.1, -0.05) is 29.8 Å². The number of nitrogens with one attached hydrogen (secondary N) is 1. The lowest BCUT2D eigenvalue weighted by atomic mass is 10.0. The predicted octanol–water partition coefficient (Wildman–Crippen LogP) is 4.13. The molecule has 0 aliphatic carbocycles. The third-order valence-electron chi connectivity index (χ3n) is 4.04. The number of nitrogens with zero attached hydrogens (tertiary/aromatic N) is 3. The minimum Gasteiger partial charge on any atom is -0.428 e. The molecule has 0 fully saturated rings. The van der Waals surface area contributed by atoms with Crippen molar-refractivity contribution in [1.82, 2.24) is 9.78 Å². The van der Waals surface area contributed by atoms with Gasteiger partial charge in [0.2, 0.25) is 6.33 Å². The highest BCUT2D eigenvalue weighted by atomic mass is 35.5. The van der Waals surface area contributed by atoms with Crippen molar-refractivity contribution < 1.29 is 31.8 Å². The van der Waals surface area contributed by atoms with E-state index in [1.807, 2.05) is 6.92 Å². The molecular weight excluding hydrogens is 428 g/mol. The van der Waals surface area contributed by atoms with Crippen LogP contribution in [0, 0.1) is 0 Å². The number of amides is 1. The van der Waals surface area contributed by atoms with Crippen LogP contribution in [0.15, 0.2) is 55.1 Å². The Balaban J connectivity index is 1.74. The molecule has 0 spiro atoms. The molecule has 0 aliphatic heterocycles. The number of aromatic nitrogens is 3. The highest BCUT2D eigenvalue weighted by Gasteiger charge is 2.43. The first-order valence-corrected chi connectivity index (χ1v) is 9.07. The first-order valence-electron chi connectivity index (χ1n) is 8.69. The summed E-state index contributed by atoms with van der Waals surface area (Å²) in [5.41, 5.74) is 3.96. The average Bonchev–Trinajstić information content (AvgIpc) is 3.16. The molecule has 1 amide bonds. The maximum Gasteiger partial charge on any atom is 0.461 e. The molecule has 6 nitrogen and oxygen atoms in total. The largest absolute Gasteiger partial charge is 0.461 e. The Morgan fingerprint density at radius 1 is 1.27 bits per heavy atom. The van der Waals surface area contributed by atoms with Crippen LogP contribution in [0.3, 0.4) is 0 Å². The Hall–Kier alpha value is -3.14. The Bertz CT molecular complexity index is 1040. The second-order valence-corrected chi connectivity index (χ2v) is 6.54. The minimum atomic E-state index is -4.58. The Labute approximate surface area is 173 Å². The number of hydrogen-bond acceptors (Lipinski definition) is 3. The molecule has 3 aromatic rings. The van der Waals surface area contributed by atoms with Crippen molar-refractivity contribution in [3.8, 4) is 16.9 Å². The van der Waals surface area contributed by atoms with Crippen molar-refractivity contribution in [2.24, 2.45) is 0 Å². The first-order chi connectivity index (χ1) is 14.2. The fourth-order valence-electron chi connectivity index (χ4n) is 2.52. The summed E-state index contributed by atoms with van der Waals surface area (Å²) in [6, 6.07) is 9.62. The zero-order valence-corrected chi connectivity index (χ0v) is 16.3. The monoisotopic (exact) mass is 443 g/mol. The maximum atomic E-state index is 13.0. The van der Waals surface area contributed by atoms with Gasteiger partial charge >= 0.3 is 12.5 Å². The lowest BCUT2D eigenvalue weighted by Gasteiger charge is -2.17. The molecule has 0 saturated heterocycles.